The van der Waals surface area contributed by atoms with Gasteiger partial charge in [-0.2, -0.15) is 5.10 Å². The van der Waals surface area contributed by atoms with Gasteiger partial charge in [0.05, 0.1) is 17.6 Å². The topological polar surface area (TPSA) is 46.9 Å². The van der Waals surface area contributed by atoms with Crippen molar-refractivity contribution >= 4 is 51.9 Å². The van der Waals surface area contributed by atoms with Gasteiger partial charge in [0.25, 0.3) is 5.91 Å². The third-order valence-electron chi connectivity index (χ3n) is 2.88. The van der Waals surface area contributed by atoms with Gasteiger partial charge in [0.2, 0.25) is 0 Å². The number of nitrogens with one attached hydrogen (secondary N) is 1. The second kappa shape index (κ2) is 6.01. The predicted molar refractivity (Wildman–Crippen MR) is 89.1 cm³/mol. The Kier molecular flexibility index (Phi) is 4.10. The van der Waals surface area contributed by atoms with Crippen molar-refractivity contribution in [2.24, 2.45) is 0 Å². The average Bonchev–Trinajstić information content (AvgIpc) is 3.00. The summed E-state index contributed by atoms with van der Waals surface area (Å²) in [5.41, 5.74) is 1.85. The fourth-order valence-electron chi connectivity index (χ4n) is 1.91. The van der Waals surface area contributed by atoms with Crippen LogP contribution >= 0.6 is 35.6 Å². The first-order valence-corrected chi connectivity index (χ1v) is 7.73. The molecule has 106 valence electrons. The highest BCUT2D eigenvalue weighted by molar-refractivity contribution is 8.26. The number of hydrogen-bond donors (Lipinski definition) is 1. The Labute approximate surface area is 136 Å². The second-order valence-corrected chi connectivity index (χ2v) is 6.54. The summed E-state index contributed by atoms with van der Waals surface area (Å²) in [6, 6.07) is 7.64. The summed E-state index contributed by atoms with van der Waals surface area (Å²) in [4.78, 5) is 12.2. The lowest BCUT2D eigenvalue weighted by Crippen LogP contribution is -2.17. The lowest BCUT2D eigenvalue weighted by Gasteiger charge is -2.03. The van der Waals surface area contributed by atoms with Gasteiger partial charge in [-0.15, -0.1) is 0 Å². The van der Waals surface area contributed by atoms with Crippen LogP contribution in [0.5, 0.6) is 0 Å². The molecule has 1 aromatic heterocycles. The zero-order chi connectivity index (χ0) is 14.8. The number of carbonyl (C=O) groups excluding carboxylic acids is 1. The van der Waals surface area contributed by atoms with Crippen molar-refractivity contribution in [3.05, 3.63) is 57.7 Å². The smallest absolute Gasteiger partial charge is 0.263 e. The van der Waals surface area contributed by atoms with Gasteiger partial charge in [0.15, 0.2) is 0 Å². The number of carbonyl (C=O) groups is 1. The number of thioether (sulfide) groups is 1. The highest BCUT2D eigenvalue weighted by Crippen LogP contribution is 2.25. The molecule has 1 amide bonds. The van der Waals surface area contributed by atoms with Gasteiger partial charge in [0.1, 0.15) is 4.32 Å². The van der Waals surface area contributed by atoms with Crippen molar-refractivity contribution in [3.63, 3.8) is 0 Å². The normalized spacial score (nSPS) is 16.5. The fourth-order valence-corrected chi connectivity index (χ4v) is 3.15. The van der Waals surface area contributed by atoms with Crippen LogP contribution in [0.3, 0.4) is 0 Å². The van der Waals surface area contributed by atoms with Crippen molar-refractivity contribution in [1.29, 1.82) is 0 Å². The lowest BCUT2D eigenvalue weighted by molar-refractivity contribution is -0.115. The van der Waals surface area contributed by atoms with Crippen LogP contribution in [0.1, 0.15) is 11.1 Å². The number of aromatic nitrogens is 2. The number of hydrogen-bond acceptors (Lipinski definition) is 4. The number of benzene rings is 1. The zero-order valence-corrected chi connectivity index (χ0v) is 13.1. The van der Waals surface area contributed by atoms with Gasteiger partial charge in [-0.3, -0.25) is 9.48 Å². The van der Waals surface area contributed by atoms with E-state index >= 15 is 0 Å². The molecule has 0 atom stereocenters. The van der Waals surface area contributed by atoms with E-state index in [0.29, 0.717) is 20.8 Å². The van der Waals surface area contributed by atoms with Gasteiger partial charge in [-0.05, 0) is 17.7 Å². The molecule has 0 unspecified atom stereocenters. The van der Waals surface area contributed by atoms with Gasteiger partial charge < -0.3 is 5.32 Å². The third kappa shape index (κ3) is 3.34. The highest BCUT2D eigenvalue weighted by atomic mass is 35.5. The van der Waals surface area contributed by atoms with E-state index in [4.69, 9.17) is 23.8 Å². The van der Waals surface area contributed by atoms with Crippen LogP contribution in [-0.4, -0.2) is 20.0 Å². The van der Waals surface area contributed by atoms with Crippen LogP contribution in [0.4, 0.5) is 0 Å². The maximum Gasteiger partial charge on any atom is 0.263 e. The monoisotopic (exact) mass is 335 g/mol. The second-order valence-electron chi connectivity index (χ2n) is 4.41. The predicted octanol–water partition coefficient (Wildman–Crippen LogP) is 3.07. The minimum atomic E-state index is -0.163. The van der Waals surface area contributed by atoms with E-state index in [1.54, 1.807) is 17.0 Å². The van der Waals surface area contributed by atoms with Gasteiger partial charge in [-0.1, -0.05) is 53.8 Å². The van der Waals surface area contributed by atoms with Crippen LogP contribution in [0.15, 0.2) is 41.6 Å². The zero-order valence-electron chi connectivity index (χ0n) is 10.7. The Morgan fingerprint density at radius 2 is 2.24 bits per heavy atom. The molecule has 0 saturated carbocycles. The van der Waals surface area contributed by atoms with Gasteiger partial charge in [0, 0.05) is 16.8 Å². The van der Waals surface area contributed by atoms with E-state index < -0.39 is 0 Å². The largest absolute Gasteiger partial charge is 0.307 e. The fraction of sp³-hybridized carbons (Fsp3) is 0.0714. The molecule has 1 aliphatic heterocycles. The summed E-state index contributed by atoms with van der Waals surface area (Å²) in [6.45, 7) is 0.584. The molecular formula is C14H10ClN3OS2. The van der Waals surface area contributed by atoms with Crippen LogP contribution in [0.25, 0.3) is 6.08 Å². The van der Waals surface area contributed by atoms with Crippen LogP contribution in [0.2, 0.25) is 5.02 Å². The molecule has 0 radical (unpaired) electrons. The van der Waals surface area contributed by atoms with E-state index in [-0.39, 0.29) is 5.91 Å². The molecular weight excluding hydrogens is 326 g/mol. The molecule has 1 N–H and O–H groups in total. The Hall–Kier alpha value is -1.63. The maximum absolute atomic E-state index is 11.6. The van der Waals surface area contributed by atoms with Crippen molar-refractivity contribution in [2.75, 3.05) is 0 Å². The summed E-state index contributed by atoms with van der Waals surface area (Å²) in [6.07, 6.45) is 5.35. The number of amides is 1. The van der Waals surface area contributed by atoms with E-state index in [1.165, 1.54) is 11.8 Å². The van der Waals surface area contributed by atoms with E-state index in [2.05, 4.69) is 10.4 Å². The number of halogens is 1. The molecule has 1 fully saturated rings. The Morgan fingerprint density at radius 3 is 2.95 bits per heavy atom. The first kappa shape index (κ1) is 14.3. The molecule has 1 aliphatic rings. The molecule has 4 nitrogen and oxygen atoms in total. The summed E-state index contributed by atoms with van der Waals surface area (Å²) in [5.74, 6) is -0.163. The molecule has 2 aromatic rings. The van der Waals surface area contributed by atoms with Gasteiger partial charge >= 0.3 is 0 Å². The number of rotatable bonds is 3. The Balaban J connectivity index is 1.78. The SMILES string of the molecule is O=C1NC(=S)S/C1=C\c1cnn(Cc2ccccc2Cl)c1. The van der Waals surface area contributed by atoms with E-state index in [0.717, 1.165) is 11.1 Å². The molecule has 0 bridgehead atoms. The molecule has 21 heavy (non-hydrogen) atoms. The van der Waals surface area contributed by atoms with E-state index in [1.807, 2.05) is 30.5 Å². The standard InChI is InChI=1S/C14H10ClN3OS2/c15-11-4-2-1-3-10(11)8-18-7-9(6-16-18)5-12-13(19)17-14(20)21-12/h1-7H,8H2,(H,17,19,20)/b12-5-. The van der Waals surface area contributed by atoms with Crippen LogP contribution in [-0.2, 0) is 11.3 Å². The molecule has 1 aromatic carbocycles. The van der Waals surface area contributed by atoms with Crippen LogP contribution < -0.4 is 5.32 Å². The summed E-state index contributed by atoms with van der Waals surface area (Å²) in [7, 11) is 0. The quantitative estimate of drug-likeness (QED) is 0.691. The Morgan fingerprint density at radius 1 is 1.43 bits per heavy atom. The summed E-state index contributed by atoms with van der Waals surface area (Å²) < 4.78 is 2.26. The first-order chi connectivity index (χ1) is 10.1. The molecule has 0 spiro atoms. The maximum atomic E-state index is 11.6. The minimum absolute atomic E-state index is 0.163. The van der Waals surface area contributed by atoms with Crippen molar-refractivity contribution in [2.45, 2.75) is 6.54 Å². The number of nitrogens with zero attached hydrogens (tertiary/aromatic N) is 2. The lowest BCUT2D eigenvalue weighted by atomic mass is 10.2. The Bertz CT molecular complexity index is 754. The van der Waals surface area contributed by atoms with Crippen molar-refractivity contribution in [1.82, 2.24) is 15.1 Å². The summed E-state index contributed by atoms with van der Waals surface area (Å²) >= 11 is 12.3. The molecule has 3 rings (SSSR count). The molecule has 2 heterocycles. The molecule has 7 heteroatoms. The minimum Gasteiger partial charge on any atom is -0.307 e. The van der Waals surface area contributed by atoms with Crippen molar-refractivity contribution in [3.8, 4) is 0 Å². The third-order valence-corrected chi connectivity index (χ3v) is 4.41. The highest BCUT2D eigenvalue weighted by Gasteiger charge is 2.22. The first-order valence-electron chi connectivity index (χ1n) is 6.12. The van der Waals surface area contributed by atoms with E-state index in [9.17, 15) is 4.79 Å². The molecule has 0 aliphatic carbocycles. The van der Waals surface area contributed by atoms with Crippen LogP contribution in [0, 0.1) is 0 Å². The number of thiocarbonyl (C=S) groups is 1. The summed E-state index contributed by atoms with van der Waals surface area (Å²) in [5, 5.41) is 7.57. The average molecular weight is 336 g/mol. The van der Waals surface area contributed by atoms with Crippen molar-refractivity contribution < 1.29 is 4.79 Å². The molecule has 1 saturated heterocycles. The van der Waals surface area contributed by atoms with Gasteiger partial charge in [-0.25, -0.2) is 0 Å².